The van der Waals surface area contributed by atoms with Gasteiger partial charge in [0, 0.05) is 13.1 Å². The molecule has 0 aromatic heterocycles. The Hall–Kier alpha value is -1.27. The minimum absolute atomic E-state index is 0. The summed E-state index contributed by atoms with van der Waals surface area (Å²) in [5.74, 6) is 2.12. The first-order valence-electron chi connectivity index (χ1n) is 9.78. The standard InChI is InChI=1S/C19H34N4O4S.HI/c1-6-20-19(21-12-13-22-28(24,25)9-4)23-15(5)16-10-11-17(26-7-2)18(14-16)27-8-3;/h10-11,14-15,22H,6-9,12-13H2,1-5H3,(H2,20,21,23);1H. The maximum atomic E-state index is 11.5. The van der Waals surface area contributed by atoms with E-state index in [4.69, 9.17) is 9.47 Å². The van der Waals surface area contributed by atoms with E-state index in [0.717, 1.165) is 11.3 Å². The molecule has 1 rings (SSSR count). The summed E-state index contributed by atoms with van der Waals surface area (Å²) in [6.07, 6.45) is 0. The molecule has 168 valence electrons. The molecule has 10 heteroatoms. The molecular weight excluding hydrogens is 507 g/mol. The van der Waals surface area contributed by atoms with Crippen LogP contribution in [0.25, 0.3) is 0 Å². The Kier molecular flexibility index (Phi) is 14.0. The summed E-state index contributed by atoms with van der Waals surface area (Å²) in [6.45, 7) is 11.9. The monoisotopic (exact) mass is 542 g/mol. The van der Waals surface area contributed by atoms with Gasteiger partial charge in [0.2, 0.25) is 10.0 Å². The van der Waals surface area contributed by atoms with Gasteiger partial charge in [-0.1, -0.05) is 6.07 Å². The second kappa shape index (κ2) is 14.7. The Balaban J connectivity index is 0.00000784. The topological polar surface area (TPSA) is 101 Å². The average molecular weight is 542 g/mol. The van der Waals surface area contributed by atoms with Crippen molar-refractivity contribution in [2.45, 2.75) is 40.7 Å². The summed E-state index contributed by atoms with van der Waals surface area (Å²) in [5.41, 5.74) is 1.03. The highest BCUT2D eigenvalue weighted by molar-refractivity contribution is 14.0. The molecule has 1 aromatic carbocycles. The first-order valence-corrected chi connectivity index (χ1v) is 11.4. The lowest BCUT2D eigenvalue weighted by Gasteiger charge is -2.20. The number of sulfonamides is 1. The zero-order valence-corrected chi connectivity index (χ0v) is 21.1. The zero-order chi connectivity index (χ0) is 21.0. The number of rotatable bonds is 12. The van der Waals surface area contributed by atoms with Crippen LogP contribution in [0.5, 0.6) is 11.5 Å². The fraction of sp³-hybridized carbons (Fsp3) is 0.632. The second-order valence-electron chi connectivity index (χ2n) is 6.00. The molecule has 3 N–H and O–H groups in total. The van der Waals surface area contributed by atoms with Crippen molar-refractivity contribution in [3.8, 4) is 11.5 Å². The molecule has 0 saturated carbocycles. The third kappa shape index (κ3) is 10.4. The first kappa shape index (κ1) is 27.7. The van der Waals surface area contributed by atoms with Gasteiger partial charge in [-0.2, -0.15) is 0 Å². The van der Waals surface area contributed by atoms with Gasteiger partial charge in [-0.15, -0.1) is 24.0 Å². The zero-order valence-electron chi connectivity index (χ0n) is 17.9. The highest BCUT2D eigenvalue weighted by Crippen LogP contribution is 2.30. The van der Waals surface area contributed by atoms with Gasteiger partial charge in [0.25, 0.3) is 0 Å². The largest absolute Gasteiger partial charge is 0.490 e. The van der Waals surface area contributed by atoms with Gasteiger partial charge in [-0.25, -0.2) is 13.1 Å². The van der Waals surface area contributed by atoms with Crippen molar-refractivity contribution in [2.24, 2.45) is 4.99 Å². The number of halogens is 1. The van der Waals surface area contributed by atoms with Crippen molar-refractivity contribution < 1.29 is 17.9 Å². The van der Waals surface area contributed by atoms with Gasteiger partial charge in [0.05, 0.1) is 31.6 Å². The fourth-order valence-corrected chi connectivity index (χ4v) is 3.02. The van der Waals surface area contributed by atoms with Crippen molar-refractivity contribution in [1.82, 2.24) is 15.4 Å². The normalized spacial score (nSPS) is 12.7. The van der Waals surface area contributed by atoms with E-state index in [9.17, 15) is 8.42 Å². The third-order valence-electron chi connectivity index (χ3n) is 3.85. The van der Waals surface area contributed by atoms with Crippen LogP contribution in [0.4, 0.5) is 0 Å². The summed E-state index contributed by atoms with van der Waals surface area (Å²) in [4.78, 5) is 4.43. The van der Waals surface area contributed by atoms with Crippen LogP contribution in [-0.4, -0.2) is 53.0 Å². The molecule has 8 nitrogen and oxygen atoms in total. The van der Waals surface area contributed by atoms with Crippen LogP contribution >= 0.6 is 24.0 Å². The number of hydrogen-bond donors (Lipinski definition) is 3. The van der Waals surface area contributed by atoms with E-state index in [2.05, 4.69) is 20.3 Å². The molecule has 0 spiro atoms. The maximum absolute atomic E-state index is 11.5. The molecule has 0 radical (unpaired) electrons. The van der Waals surface area contributed by atoms with Gasteiger partial charge >= 0.3 is 0 Å². The van der Waals surface area contributed by atoms with Crippen molar-refractivity contribution in [3.05, 3.63) is 23.8 Å². The number of ether oxygens (including phenoxy) is 2. The molecule has 29 heavy (non-hydrogen) atoms. The molecule has 1 aromatic rings. The number of hydrogen-bond acceptors (Lipinski definition) is 5. The highest BCUT2D eigenvalue weighted by Gasteiger charge is 2.12. The van der Waals surface area contributed by atoms with Gasteiger partial charge in [-0.05, 0) is 52.3 Å². The molecule has 0 aliphatic heterocycles. The van der Waals surface area contributed by atoms with Crippen molar-refractivity contribution in [1.29, 1.82) is 0 Å². The molecule has 1 atom stereocenters. The van der Waals surface area contributed by atoms with Crippen LogP contribution in [0.2, 0.25) is 0 Å². The Labute approximate surface area is 192 Å². The van der Waals surface area contributed by atoms with Crippen LogP contribution in [0, 0.1) is 0 Å². The van der Waals surface area contributed by atoms with E-state index in [1.165, 1.54) is 0 Å². The van der Waals surface area contributed by atoms with Crippen molar-refractivity contribution >= 4 is 40.0 Å². The summed E-state index contributed by atoms with van der Waals surface area (Å²) in [6, 6.07) is 5.83. The van der Waals surface area contributed by atoms with E-state index in [-0.39, 0.29) is 42.3 Å². The van der Waals surface area contributed by atoms with E-state index >= 15 is 0 Å². The lowest BCUT2D eigenvalue weighted by Crippen LogP contribution is -2.39. The molecule has 0 aliphatic rings. The summed E-state index contributed by atoms with van der Waals surface area (Å²) in [7, 11) is -3.20. The van der Waals surface area contributed by atoms with Crippen LogP contribution in [0.3, 0.4) is 0 Å². The summed E-state index contributed by atoms with van der Waals surface area (Å²) < 4.78 is 36.8. The molecule has 1 unspecified atom stereocenters. The quantitative estimate of drug-likeness (QED) is 0.163. The Morgan fingerprint density at radius 3 is 2.34 bits per heavy atom. The van der Waals surface area contributed by atoms with E-state index < -0.39 is 10.0 Å². The Morgan fingerprint density at radius 2 is 1.76 bits per heavy atom. The van der Waals surface area contributed by atoms with Gasteiger partial charge < -0.3 is 20.1 Å². The molecule has 0 aliphatic carbocycles. The Morgan fingerprint density at radius 1 is 1.10 bits per heavy atom. The van der Waals surface area contributed by atoms with E-state index in [1.54, 1.807) is 6.92 Å². The number of nitrogens with zero attached hydrogens (tertiary/aromatic N) is 1. The molecular formula is C19H35IN4O4S. The van der Waals surface area contributed by atoms with Gasteiger partial charge in [0.15, 0.2) is 17.5 Å². The van der Waals surface area contributed by atoms with Crippen molar-refractivity contribution in [2.75, 3.05) is 38.6 Å². The SMILES string of the molecule is CCNC(=NCCNS(=O)(=O)CC)NC(C)c1ccc(OCC)c(OCC)c1.I. The lowest BCUT2D eigenvalue weighted by molar-refractivity contribution is 0.287. The average Bonchev–Trinajstić information content (AvgIpc) is 2.67. The van der Waals surface area contributed by atoms with Crippen LogP contribution < -0.4 is 24.8 Å². The maximum Gasteiger partial charge on any atom is 0.211 e. The van der Waals surface area contributed by atoms with Crippen LogP contribution in [0.15, 0.2) is 23.2 Å². The summed E-state index contributed by atoms with van der Waals surface area (Å²) >= 11 is 0. The predicted molar refractivity (Wildman–Crippen MR) is 129 cm³/mol. The summed E-state index contributed by atoms with van der Waals surface area (Å²) in [5, 5.41) is 6.50. The number of nitrogens with one attached hydrogen (secondary N) is 3. The molecule has 0 amide bonds. The molecule has 0 saturated heterocycles. The van der Waals surface area contributed by atoms with Crippen LogP contribution in [-0.2, 0) is 10.0 Å². The highest BCUT2D eigenvalue weighted by atomic mass is 127. The second-order valence-corrected chi connectivity index (χ2v) is 8.09. The van der Waals surface area contributed by atoms with E-state index in [0.29, 0.717) is 38.0 Å². The smallest absolute Gasteiger partial charge is 0.211 e. The number of benzene rings is 1. The minimum Gasteiger partial charge on any atom is -0.490 e. The van der Waals surface area contributed by atoms with Gasteiger partial charge in [0.1, 0.15) is 0 Å². The predicted octanol–water partition coefficient (Wildman–Crippen LogP) is 2.66. The van der Waals surface area contributed by atoms with Crippen LogP contribution in [0.1, 0.15) is 46.2 Å². The van der Waals surface area contributed by atoms with E-state index in [1.807, 2.05) is 45.9 Å². The molecule has 0 fully saturated rings. The molecule has 0 heterocycles. The fourth-order valence-electron chi connectivity index (χ4n) is 2.42. The van der Waals surface area contributed by atoms with Crippen molar-refractivity contribution in [3.63, 3.8) is 0 Å². The first-order chi connectivity index (χ1) is 13.4. The third-order valence-corrected chi connectivity index (χ3v) is 5.25. The van der Waals surface area contributed by atoms with Gasteiger partial charge in [-0.3, -0.25) is 4.99 Å². The number of guanidine groups is 1. The minimum atomic E-state index is -3.20. The molecule has 0 bridgehead atoms. The Bertz CT molecular complexity index is 729. The number of aliphatic imine (C=N–C) groups is 1. The lowest BCUT2D eigenvalue weighted by atomic mass is 10.1.